The molecule has 2 aliphatic heterocycles. The Morgan fingerprint density at radius 2 is 2.06 bits per heavy atom. The summed E-state index contributed by atoms with van der Waals surface area (Å²) in [6.07, 6.45) is 0. The van der Waals surface area contributed by atoms with Crippen molar-refractivity contribution in [3.05, 3.63) is 53.6 Å². The number of pyridine rings is 1. The first-order chi connectivity index (χ1) is 15.2. The maximum atomic E-state index is 12.8. The van der Waals surface area contributed by atoms with Crippen LogP contribution in [0.25, 0.3) is 10.9 Å². The van der Waals surface area contributed by atoms with Crippen LogP contribution in [0.15, 0.2) is 47.4 Å². The molecule has 0 radical (unpaired) electrons. The molecule has 168 valence electrons. The van der Waals surface area contributed by atoms with Gasteiger partial charge in [0.2, 0.25) is 0 Å². The molecule has 0 unspecified atom stereocenters. The Labute approximate surface area is 186 Å². The SMILES string of the molecule is Cc1cccc2c(NCC3(N)COC3)cc(N3CCS(=O)(=O)c4ccc(O)cc4C3)nc12. The van der Waals surface area contributed by atoms with Gasteiger partial charge in [-0.1, -0.05) is 18.2 Å². The topological polar surface area (TPSA) is 118 Å². The second-order valence-electron chi connectivity index (χ2n) is 8.74. The van der Waals surface area contributed by atoms with Crippen molar-refractivity contribution in [3.8, 4) is 5.75 Å². The zero-order valence-corrected chi connectivity index (χ0v) is 18.7. The number of aryl methyl sites for hydroxylation is 1. The highest BCUT2D eigenvalue weighted by Gasteiger charge is 2.34. The highest BCUT2D eigenvalue weighted by molar-refractivity contribution is 7.91. The van der Waals surface area contributed by atoms with Crippen molar-refractivity contribution in [3.63, 3.8) is 0 Å². The number of hydrogen-bond acceptors (Lipinski definition) is 8. The third kappa shape index (κ3) is 3.76. The van der Waals surface area contributed by atoms with Crippen LogP contribution in [-0.2, 0) is 21.1 Å². The van der Waals surface area contributed by atoms with Crippen molar-refractivity contribution in [2.75, 3.05) is 42.3 Å². The lowest BCUT2D eigenvalue weighted by Crippen LogP contribution is -2.61. The Bertz CT molecular complexity index is 1300. The summed E-state index contributed by atoms with van der Waals surface area (Å²) >= 11 is 0. The number of nitrogens with one attached hydrogen (secondary N) is 1. The lowest BCUT2D eigenvalue weighted by Gasteiger charge is -2.38. The summed E-state index contributed by atoms with van der Waals surface area (Å²) in [7, 11) is -3.45. The van der Waals surface area contributed by atoms with Gasteiger partial charge in [-0.2, -0.15) is 0 Å². The molecule has 32 heavy (non-hydrogen) atoms. The van der Waals surface area contributed by atoms with Crippen molar-refractivity contribution in [1.29, 1.82) is 0 Å². The minimum atomic E-state index is -3.45. The Kier molecular flexibility index (Phi) is 4.99. The molecule has 2 aromatic carbocycles. The molecule has 1 aromatic heterocycles. The molecule has 2 aliphatic rings. The minimum Gasteiger partial charge on any atom is -0.508 e. The van der Waals surface area contributed by atoms with Crippen LogP contribution < -0.4 is 16.0 Å². The number of hydrogen-bond donors (Lipinski definition) is 3. The number of fused-ring (bicyclic) bond motifs is 2. The maximum Gasteiger partial charge on any atom is 0.180 e. The smallest absolute Gasteiger partial charge is 0.180 e. The molecule has 0 spiro atoms. The fraction of sp³-hybridized carbons (Fsp3) is 0.348. The summed E-state index contributed by atoms with van der Waals surface area (Å²) in [5.74, 6) is 0.697. The molecule has 9 heteroatoms. The molecule has 5 rings (SSSR count). The fourth-order valence-corrected chi connectivity index (χ4v) is 5.72. The van der Waals surface area contributed by atoms with E-state index in [1.165, 1.54) is 18.2 Å². The Morgan fingerprint density at radius 1 is 1.25 bits per heavy atom. The van der Waals surface area contributed by atoms with Crippen molar-refractivity contribution < 1.29 is 18.3 Å². The summed E-state index contributed by atoms with van der Waals surface area (Å²) in [6, 6.07) is 12.4. The van der Waals surface area contributed by atoms with E-state index in [2.05, 4.69) is 5.32 Å². The number of anilines is 2. The molecule has 0 amide bonds. The van der Waals surface area contributed by atoms with Gasteiger partial charge in [0.25, 0.3) is 0 Å². The van der Waals surface area contributed by atoms with E-state index in [0.29, 0.717) is 44.2 Å². The van der Waals surface area contributed by atoms with E-state index < -0.39 is 15.4 Å². The largest absolute Gasteiger partial charge is 0.508 e. The van der Waals surface area contributed by atoms with Gasteiger partial charge in [-0.15, -0.1) is 0 Å². The zero-order chi connectivity index (χ0) is 22.5. The highest BCUT2D eigenvalue weighted by Crippen LogP contribution is 2.33. The molecule has 1 saturated heterocycles. The maximum absolute atomic E-state index is 12.8. The van der Waals surface area contributed by atoms with Crippen LogP contribution in [0, 0.1) is 6.92 Å². The van der Waals surface area contributed by atoms with Crippen molar-refractivity contribution in [1.82, 2.24) is 4.98 Å². The van der Waals surface area contributed by atoms with Gasteiger partial charge in [-0.25, -0.2) is 13.4 Å². The molecule has 0 saturated carbocycles. The van der Waals surface area contributed by atoms with Gasteiger partial charge in [0, 0.05) is 36.8 Å². The quantitative estimate of drug-likeness (QED) is 0.549. The summed E-state index contributed by atoms with van der Waals surface area (Å²) in [4.78, 5) is 7.11. The highest BCUT2D eigenvalue weighted by atomic mass is 32.2. The van der Waals surface area contributed by atoms with Crippen LogP contribution in [0.1, 0.15) is 11.1 Å². The lowest BCUT2D eigenvalue weighted by atomic mass is 9.99. The number of sulfone groups is 1. The van der Waals surface area contributed by atoms with Crippen LogP contribution in [0.4, 0.5) is 11.5 Å². The average Bonchev–Trinajstić information content (AvgIpc) is 2.86. The number of rotatable bonds is 4. The number of ether oxygens (including phenoxy) is 1. The number of phenols is 1. The Hall–Kier alpha value is -2.88. The Morgan fingerprint density at radius 3 is 2.81 bits per heavy atom. The first-order valence-electron chi connectivity index (χ1n) is 10.5. The predicted octanol–water partition coefficient (Wildman–Crippen LogP) is 2.18. The van der Waals surface area contributed by atoms with Crippen molar-refractivity contribution in [2.45, 2.75) is 23.9 Å². The van der Waals surface area contributed by atoms with E-state index in [0.717, 1.165) is 22.2 Å². The zero-order valence-electron chi connectivity index (χ0n) is 17.8. The van der Waals surface area contributed by atoms with Crippen molar-refractivity contribution >= 4 is 32.2 Å². The van der Waals surface area contributed by atoms with Crippen LogP contribution in [0.3, 0.4) is 0 Å². The molecular formula is C23H26N4O4S. The number of aromatic nitrogens is 1. The van der Waals surface area contributed by atoms with E-state index in [4.69, 9.17) is 15.5 Å². The molecule has 3 aromatic rings. The first-order valence-corrected chi connectivity index (χ1v) is 12.2. The summed E-state index contributed by atoms with van der Waals surface area (Å²) in [5, 5.41) is 14.4. The second kappa shape index (κ2) is 7.61. The van der Waals surface area contributed by atoms with E-state index >= 15 is 0 Å². The molecule has 1 fully saturated rings. The summed E-state index contributed by atoms with van der Waals surface area (Å²) in [5.41, 5.74) is 9.27. The summed E-state index contributed by atoms with van der Waals surface area (Å²) in [6.45, 7) is 4.23. The first kappa shape index (κ1) is 21.0. The van der Waals surface area contributed by atoms with Crippen LogP contribution >= 0.6 is 0 Å². The number of benzene rings is 2. The molecule has 8 nitrogen and oxygen atoms in total. The molecule has 0 bridgehead atoms. The van der Waals surface area contributed by atoms with Gasteiger partial charge in [-0.3, -0.25) is 0 Å². The molecule has 0 atom stereocenters. The van der Waals surface area contributed by atoms with Gasteiger partial charge in [0.05, 0.1) is 34.9 Å². The Balaban J connectivity index is 1.57. The molecule has 0 aliphatic carbocycles. The molecule has 3 heterocycles. The molecular weight excluding hydrogens is 428 g/mol. The predicted molar refractivity (Wildman–Crippen MR) is 124 cm³/mol. The van der Waals surface area contributed by atoms with Gasteiger partial charge in [0.15, 0.2) is 9.84 Å². The standard InChI is InChI=1S/C23H26N4O4S/c1-15-3-2-4-18-19(25-12-23(24)13-31-14-23)10-21(26-22(15)18)27-7-8-32(29,30)20-6-5-17(28)9-16(20)11-27/h2-6,9-10,28H,7-8,11-14,24H2,1H3,(H,25,26). The normalized spacial score (nSPS) is 19.1. The number of nitrogens with zero attached hydrogens (tertiary/aromatic N) is 2. The average molecular weight is 455 g/mol. The van der Waals surface area contributed by atoms with Crippen LogP contribution in [-0.4, -0.2) is 56.1 Å². The van der Waals surface area contributed by atoms with Gasteiger partial charge in [0.1, 0.15) is 11.6 Å². The number of phenolic OH excluding ortho intramolecular Hbond substituents is 1. The fourth-order valence-electron chi connectivity index (χ4n) is 4.24. The number of nitrogens with two attached hydrogens (primary N) is 1. The minimum absolute atomic E-state index is 0.0235. The third-order valence-corrected chi connectivity index (χ3v) is 7.92. The van der Waals surface area contributed by atoms with Gasteiger partial charge >= 0.3 is 0 Å². The number of para-hydroxylation sites is 1. The lowest BCUT2D eigenvalue weighted by molar-refractivity contribution is -0.0461. The van der Waals surface area contributed by atoms with E-state index in [1.807, 2.05) is 36.1 Å². The summed E-state index contributed by atoms with van der Waals surface area (Å²) < 4.78 is 30.9. The molecule has 4 N–H and O–H groups in total. The van der Waals surface area contributed by atoms with E-state index in [-0.39, 0.29) is 16.4 Å². The number of aromatic hydroxyl groups is 1. The van der Waals surface area contributed by atoms with Crippen molar-refractivity contribution in [2.24, 2.45) is 5.73 Å². The van der Waals surface area contributed by atoms with E-state index in [9.17, 15) is 13.5 Å². The van der Waals surface area contributed by atoms with Gasteiger partial charge < -0.3 is 25.8 Å². The second-order valence-corrected chi connectivity index (χ2v) is 10.8. The van der Waals surface area contributed by atoms with Crippen LogP contribution in [0.5, 0.6) is 5.75 Å². The van der Waals surface area contributed by atoms with Crippen LogP contribution in [0.2, 0.25) is 0 Å². The van der Waals surface area contributed by atoms with Gasteiger partial charge in [-0.05, 0) is 36.2 Å². The van der Waals surface area contributed by atoms with E-state index in [1.54, 1.807) is 0 Å². The monoisotopic (exact) mass is 454 g/mol. The third-order valence-electron chi connectivity index (χ3n) is 6.13.